The van der Waals surface area contributed by atoms with E-state index < -0.39 is 11.7 Å². The number of benzene rings is 1. The van der Waals surface area contributed by atoms with E-state index >= 15 is 0 Å². The van der Waals surface area contributed by atoms with Gasteiger partial charge in [-0.05, 0) is 12.1 Å². The number of nitrogens with one attached hydrogen (secondary N) is 1. The van der Waals surface area contributed by atoms with Crippen molar-refractivity contribution in [1.29, 1.82) is 0 Å². The van der Waals surface area contributed by atoms with Crippen LogP contribution in [0.15, 0.2) is 30.6 Å². The van der Waals surface area contributed by atoms with Crippen LogP contribution < -0.4 is 15.8 Å². The second kappa shape index (κ2) is 5.30. The highest BCUT2D eigenvalue weighted by atomic mass is 19.1. The molecule has 7 heteroatoms. The van der Waals surface area contributed by atoms with E-state index in [2.05, 4.69) is 15.3 Å². The van der Waals surface area contributed by atoms with Crippen molar-refractivity contribution in [3.8, 4) is 5.75 Å². The third-order valence-corrected chi connectivity index (χ3v) is 2.30. The molecule has 0 saturated carbocycles. The number of hydrogen-bond acceptors (Lipinski definition) is 5. The van der Waals surface area contributed by atoms with Crippen LogP contribution in [0.25, 0.3) is 0 Å². The molecule has 0 bridgehead atoms. The molecule has 3 N–H and O–H groups in total. The first-order valence-electron chi connectivity index (χ1n) is 5.32. The standard InChI is InChI=1S/C12H11FN4O2/c1-19-10-3-2-7(4-8(10)13)16-12(18)9-5-15-6-11(14)17-9/h2-6H,1H3,(H2,14,17)(H,16,18). The third kappa shape index (κ3) is 2.95. The highest BCUT2D eigenvalue weighted by molar-refractivity contribution is 6.02. The zero-order valence-electron chi connectivity index (χ0n) is 10.1. The first-order valence-corrected chi connectivity index (χ1v) is 5.32. The van der Waals surface area contributed by atoms with Crippen molar-refractivity contribution < 1.29 is 13.9 Å². The van der Waals surface area contributed by atoms with Gasteiger partial charge in [0.05, 0.1) is 19.5 Å². The van der Waals surface area contributed by atoms with Crippen molar-refractivity contribution in [2.45, 2.75) is 0 Å². The molecule has 0 unspecified atom stereocenters. The second-order valence-corrected chi connectivity index (χ2v) is 3.63. The quantitative estimate of drug-likeness (QED) is 0.873. The Hall–Kier alpha value is -2.70. The molecule has 1 aromatic heterocycles. The molecule has 1 aromatic carbocycles. The summed E-state index contributed by atoms with van der Waals surface area (Å²) < 4.78 is 18.2. The van der Waals surface area contributed by atoms with E-state index in [9.17, 15) is 9.18 Å². The molecule has 2 rings (SSSR count). The Morgan fingerprint density at radius 2 is 2.21 bits per heavy atom. The van der Waals surface area contributed by atoms with Crippen LogP contribution in [0, 0.1) is 5.82 Å². The molecule has 0 aliphatic rings. The van der Waals surface area contributed by atoms with Gasteiger partial charge in [-0.25, -0.2) is 9.37 Å². The van der Waals surface area contributed by atoms with Crippen molar-refractivity contribution in [3.05, 3.63) is 42.1 Å². The number of carbonyl (C=O) groups is 1. The smallest absolute Gasteiger partial charge is 0.275 e. The van der Waals surface area contributed by atoms with Gasteiger partial charge < -0.3 is 15.8 Å². The number of rotatable bonds is 3. The van der Waals surface area contributed by atoms with Crippen LogP contribution in [0.4, 0.5) is 15.9 Å². The molecule has 19 heavy (non-hydrogen) atoms. The van der Waals surface area contributed by atoms with Gasteiger partial charge in [-0.1, -0.05) is 0 Å². The molecule has 0 fully saturated rings. The minimum atomic E-state index is -0.570. The number of halogens is 1. The number of ether oxygens (including phenoxy) is 1. The molecule has 98 valence electrons. The maximum Gasteiger partial charge on any atom is 0.275 e. The maximum absolute atomic E-state index is 13.4. The molecule has 2 aromatic rings. The number of nitrogen functional groups attached to an aromatic ring is 1. The predicted molar refractivity (Wildman–Crippen MR) is 67.3 cm³/mol. The van der Waals surface area contributed by atoms with Crippen LogP contribution >= 0.6 is 0 Å². The van der Waals surface area contributed by atoms with E-state index in [1.807, 2.05) is 0 Å². The van der Waals surface area contributed by atoms with Gasteiger partial charge in [0, 0.05) is 11.8 Å². The lowest BCUT2D eigenvalue weighted by atomic mass is 10.2. The Labute approximate surface area is 108 Å². The van der Waals surface area contributed by atoms with Crippen LogP contribution in [0.2, 0.25) is 0 Å². The summed E-state index contributed by atoms with van der Waals surface area (Å²) in [7, 11) is 1.36. The summed E-state index contributed by atoms with van der Waals surface area (Å²) in [5.74, 6) is -0.862. The van der Waals surface area contributed by atoms with Gasteiger partial charge >= 0.3 is 0 Å². The number of methoxy groups -OCH3 is 1. The van der Waals surface area contributed by atoms with Gasteiger partial charge in [-0.3, -0.25) is 9.78 Å². The molecule has 0 saturated heterocycles. The van der Waals surface area contributed by atoms with E-state index in [-0.39, 0.29) is 22.9 Å². The number of nitrogens with two attached hydrogens (primary N) is 1. The molecule has 6 nitrogen and oxygen atoms in total. The van der Waals surface area contributed by atoms with Gasteiger partial charge in [0.1, 0.15) is 11.5 Å². The number of anilines is 2. The van der Waals surface area contributed by atoms with Crippen LogP contribution in [0.3, 0.4) is 0 Å². The predicted octanol–water partition coefficient (Wildman–Crippen LogP) is 1.46. The van der Waals surface area contributed by atoms with E-state index in [0.717, 1.165) is 6.07 Å². The molecular weight excluding hydrogens is 251 g/mol. The summed E-state index contributed by atoms with van der Waals surface area (Å²) in [6.45, 7) is 0. The van der Waals surface area contributed by atoms with E-state index in [1.54, 1.807) is 0 Å². The summed E-state index contributed by atoms with van der Waals surface area (Å²) in [5.41, 5.74) is 5.76. The Morgan fingerprint density at radius 1 is 1.42 bits per heavy atom. The zero-order valence-corrected chi connectivity index (χ0v) is 10.1. The van der Waals surface area contributed by atoms with Crippen LogP contribution in [0.5, 0.6) is 5.75 Å². The Bertz CT molecular complexity index is 618. The molecule has 0 aliphatic carbocycles. The maximum atomic E-state index is 13.4. The van der Waals surface area contributed by atoms with E-state index in [4.69, 9.17) is 10.5 Å². The fraction of sp³-hybridized carbons (Fsp3) is 0.0833. The first kappa shape index (κ1) is 12.7. The van der Waals surface area contributed by atoms with Crippen LogP contribution in [-0.4, -0.2) is 23.0 Å². The SMILES string of the molecule is COc1ccc(NC(=O)c2cncc(N)n2)cc1F. The van der Waals surface area contributed by atoms with Crippen molar-refractivity contribution in [2.75, 3.05) is 18.2 Å². The minimum absolute atomic E-state index is 0.0521. The van der Waals surface area contributed by atoms with Gasteiger partial charge in [0.15, 0.2) is 11.6 Å². The monoisotopic (exact) mass is 262 g/mol. The van der Waals surface area contributed by atoms with Crippen molar-refractivity contribution in [1.82, 2.24) is 9.97 Å². The molecule has 0 aliphatic heterocycles. The van der Waals surface area contributed by atoms with Crippen molar-refractivity contribution in [2.24, 2.45) is 0 Å². The fourth-order valence-corrected chi connectivity index (χ4v) is 1.43. The molecule has 0 spiro atoms. The summed E-state index contributed by atoms with van der Waals surface area (Å²) in [5, 5.41) is 2.49. The highest BCUT2D eigenvalue weighted by Gasteiger charge is 2.10. The average molecular weight is 262 g/mol. The Balaban J connectivity index is 2.17. The molecular formula is C12H11FN4O2. The van der Waals surface area contributed by atoms with E-state index in [1.165, 1.54) is 31.6 Å². The number of aromatic nitrogens is 2. The number of carbonyl (C=O) groups excluding carboxylic acids is 1. The molecule has 0 radical (unpaired) electrons. The Morgan fingerprint density at radius 3 is 2.84 bits per heavy atom. The van der Waals surface area contributed by atoms with Gasteiger partial charge in [0.2, 0.25) is 0 Å². The van der Waals surface area contributed by atoms with Gasteiger partial charge in [0.25, 0.3) is 5.91 Å². The number of nitrogens with zero attached hydrogens (tertiary/aromatic N) is 2. The number of hydrogen-bond donors (Lipinski definition) is 2. The normalized spacial score (nSPS) is 10.0. The molecule has 0 atom stereocenters. The fourth-order valence-electron chi connectivity index (χ4n) is 1.43. The number of amides is 1. The van der Waals surface area contributed by atoms with Crippen LogP contribution in [-0.2, 0) is 0 Å². The van der Waals surface area contributed by atoms with Crippen LogP contribution in [0.1, 0.15) is 10.5 Å². The van der Waals surface area contributed by atoms with E-state index in [0.29, 0.717) is 0 Å². The topological polar surface area (TPSA) is 90.1 Å². The lowest BCUT2D eigenvalue weighted by molar-refractivity contribution is 0.102. The third-order valence-electron chi connectivity index (χ3n) is 2.30. The lowest BCUT2D eigenvalue weighted by Gasteiger charge is -2.07. The summed E-state index contributed by atoms with van der Waals surface area (Å²) in [6, 6.07) is 4.08. The largest absolute Gasteiger partial charge is 0.494 e. The first-order chi connectivity index (χ1) is 9.10. The minimum Gasteiger partial charge on any atom is -0.494 e. The second-order valence-electron chi connectivity index (χ2n) is 3.63. The highest BCUT2D eigenvalue weighted by Crippen LogP contribution is 2.20. The summed E-state index contributed by atoms with van der Waals surface area (Å²) in [6.07, 6.45) is 2.59. The summed E-state index contributed by atoms with van der Waals surface area (Å²) in [4.78, 5) is 19.4. The molecule has 1 amide bonds. The van der Waals surface area contributed by atoms with Gasteiger partial charge in [-0.15, -0.1) is 0 Å². The average Bonchev–Trinajstić information content (AvgIpc) is 2.39. The Kier molecular flexibility index (Phi) is 3.56. The van der Waals surface area contributed by atoms with Crippen molar-refractivity contribution in [3.63, 3.8) is 0 Å². The molecule has 1 heterocycles. The van der Waals surface area contributed by atoms with Crippen molar-refractivity contribution >= 4 is 17.4 Å². The van der Waals surface area contributed by atoms with Gasteiger partial charge in [-0.2, -0.15) is 0 Å². The lowest BCUT2D eigenvalue weighted by Crippen LogP contribution is -2.15. The zero-order chi connectivity index (χ0) is 13.8. The summed E-state index contributed by atoms with van der Waals surface area (Å²) >= 11 is 0.